The molecule has 22 nitrogen and oxygen atoms in total. The number of rotatable bonds is 32. The minimum Gasteiger partial charge on any atom is -0.370 e. The molecule has 2 aromatic carbocycles. The molecule has 8 atom stereocenters. The normalized spacial score (nSPS) is 14.6. The lowest BCUT2D eigenvalue weighted by atomic mass is 9.89. The van der Waals surface area contributed by atoms with Gasteiger partial charge in [-0.15, -0.1) is 0 Å². The minimum absolute atomic E-state index is 0.0497. The Bertz CT molecular complexity index is 2570. The number of hydrogen-bond donors (Lipinski definition) is 12. The molecule has 0 spiro atoms. The topological polar surface area (TPSA) is 360 Å². The van der Waals surface area contributed by atoms with Crippen molar-refractivity contribution in [2.75, 3.05) is 6.54 Å². The van der Waals surface area contributed by atoms with Crippen LogP contribution >= 0.6 is 0 Å². The summed E-state index contributed by atoms with van der Waals surface area (Å²) in [6, 6.07) is 8.74. The van der Waals surface area contributed by atoms with Crippen LogP contribution in [0.3, 0.4) is 0 Å². The molecule has 0 aliphatic carbocycles. The SMILES string of the molecule is CC(C)C[C@@H](CC[C@@H](CC(C)C)C(N)=O)NC(=O)[C@H](Cc1cnc[nH]1)NC(=O)CNC(=O)[C@@H](NC(=O)[C@H](C)NC(=O)[C@H](Cc1c[nH]c2ccccc12)NC(=O)[C@H](CCC(N)=O)NC(=O)[C@H](N)Cc1ccccc1)C(C)C. The van der Waals surface area contributed by atoms with Crippen molar-refractivity contribution in [1.29, 1.82) is 0 Å². The van der Waals surface area contributed by atoms with E-state index in [9.17, 15) is 43.2 Å². The Morgan fingerprint density at radius 3 is 1.87 bits per heavy atom. The predicted octanol–water partition coefficient (Wildman–Crippen LogP) is 1.19. The first-order valence-electron chi connectivity index (χ1n) is 26.0. The first-order valence-corrected chi connectivity index (χ1v) is 26.0. The molecule has 22 heteroatoms. The van der Waals surface area contributed by atoms with E-state index in [0.29, 0.717) is 36.9 Å². The second kappa shape index (κ2) is 30.1. The van der Waals surface area contributed by atoms with Gasteiger partial charge >= 0.3 is 0 Å². The van der Waals surface area contributed by atoms with E-state index in [1.165, 1.54) is 19.4 Å². The van der Waals surface area contributed by atoms with Crippen molar-refractivity contribution in [3.05, 3.63) is 90.1 Å². The molecule has 0 aliphatic heterocycles. The van der Waals surface area contributed by atoms with Gasteiger partial charge in [-0.2, -0.15) is 0 Å². The lowest BCUT2D eigenvalue weighted by molar-refractivity contribution is -0.135. The Morgan fingerprint density at radius 2 is 1.24 bits per heavy atom. The van der Waals surface area contributed by atoms with Gasteiger partial charge in [-0.05, 0) is 80.4 Å². The van der Waals surface area contributed by atoms with E-state index in [4.69, 9.17) is 17.2 Å². The molecule has 2 aromatic heterocycles. The molecule has 2 heterocycles. The fourth-order valence-electron chi connectivity index (χ4n) is 8.81. The van der Waals surface area contributed by atoms with Gasteiger partial charge in [0.25, 0.3) is 0 Å². The van der Waals surface area contributed by atoms with Gasteiger partial charge in [0.2, 0.25) is 53.2 Å². The van der Waals surface area contributed by atoms with Gasteiger partial charge in [0.1, 0.15) is 30.2 Å². The number of aromatic amines is 2. The third-order valence-corrected chi connectivity index (χ3v) is 12.9. The van der Waals surface area contributed by atoms with Crippen LogP contribution in [0.15, 0.2) is 73.3 Å². The van der Waals surface area contributed by atoms with Crippen molar-refractivity contribution in [2.45, 2.75) is 149 Å². The predicted molar refractivity (Wildman–Crippen MR) is 287 cm³/mol. The zero-order valence-corrected chi connectivity index (χ0v) is 44.7. The maximum atomic E-state index is 14.2. The van der Waals surface area contributed by atoms with Crippen LogP contribution in [0.1, 0.15) is 104 Å². The summed E-state index contributed by atoms with van der Waals surface area (Å²) in [5.74, 6) is -6.44. The van der Waals surface area contributed by atoms with Crippen molar-refractivity contribution >= 4 is 64.1 Å². The summed E-state index contributed by atoms with van der Waals surface area (Å²) >= 11 is 0. The van der Waals surface area contributed by atoms with E-state index in [0.717, 1.165) is 16.5 Å². The molecule has 0 saturated heterocycles. The number of benzene rings is 2. The van der Waals surface area contributed by atoms with Crippen molar-refractivity contribution < 1.29 is 43.2 Å². The van der Waals surface area contributed by atoms with Crippen molar-refractivity contribution in [2.24, 2.45) is 40.9 Å². The number of carbonyl (C=O) groups is 9. The molecule has 0 saturated carbocycles. The van der Waals surface area contributed by atoms with E-state index < -0.39 is 102 Å². The highest BCUT2D eigenvalue weighted by Crippen LogP contribution is 2.22. The van der Waals surface area contributed by atoms with E-state index in [1.807, 2.05) is 58.0 Å². The largest absolute Gasteiger partial charge is 0.370 e. The van der Waals surface area contributed by atoms with Crippen LogP contribution < -0.4 is 54.4 Å². The molecule has 9 amide bonds. The van der Waals surface area contributed by atoms with Gasteiger partial charge in [0, 0.05) is 60.2 Å². The number of nitrogens with zero attached hydrogens (tertiary/aromatic N) is 1. The number of H-pyrrole nitrogens is 2. The molecular formula is C54H79N13O9. The number of carbonyl (C=O) groups excluding carboxylic acids is 9. The summed E-state index contributed by atoms with van der Waals surface area (Å²) < 4.78 is 0. The Hall–Kier alpha value is -7.62. The summed E-state index contributed by atoms with van der Waals surface area (Å²) in [4.78, 5) is 131. The standard InChI is InChI=1S/C54H79N13O9/c1-30(2)21-35(48(57)70)17-18-37(22-31(3)4)63-53(75)44(25-38-27-58-29-61-38)64-46(69)28-60-54(76)47(32(5)6)67-49(71)33(7)62-52(74)43(24-36-26-59-41-16-12-11-15-39(36)41)66-51(73)42(19-20-45(56)68)65-50(72)40(55)23-34-13-9-8-10-14-34/h8-16,26-27,29-33,35,37,40,42-44,47,59H,17-25,28,55H2,1-7H3,(H2,56,68)(H2,57,70)(H,58,61)(H,60,76)(H,62,74)(H,63,75)(H,64,69)(H,65,72)(H,66,73)(H,67,71)/t33-,35-,37+,40+,42-,43-,44-,47-/m0/s1. The third-order valence-electron chi connectivity index (χ3n) is 12.9. The van der Waals surface area contributed by atoms with E-state index in [2.05, 4.69) is 52.2 Å². The van der Waals surface area contributed by atoms with Crippen LogP contribution in [-0.4, -0.2) is 117 Å². The monoisotopic (exact) mass is 1050 g/mol. The van der Waals surface area contributed by atoms with Gasteiger partial charge < -0.3 is 64.4 Å². The van der Waals surface area contributed by atoms with Crippen molar-refractivity contribution in [1.82, 2.24) is 52.2 Å². The summed E-state index contributed by atoms with van der Waals surface area (Å²) in [7, 11) is 0. The first-order chi connectivity index (χ1) is 36.0. The number of imidazole rings is 1. The molecule has 414 valence electrons. The fraction of sp³-hybridized carbons (Fsp3) is 0.519. The van der Waals surface area contributed by atoms with E-state index in [1.54, 1.807) is 44.3 Å². The number of aromatic nitrogens is 3. The Labute approximate surface area is 444 Å². The highest BCUT2D eigenvalue weighted by molar-refractivity contribution is 5.97. The third kappa shape index (κ3) is 20.2. The second-order valence-electron chi connectivity index (χ2n) is 20.7. The molecule has 0 fully saturated rings. The molecule has 0 unspecified atom stereocenters. The van der Waals surface area contributed by atoms with Gasteiger partial charge in [0.15, 0.2) is 0 Å². The summed E-state index contributed by atoms with van der Waals surface area (Å²) in [5, 5.41) is 19.7. The van der Waals surface area contributed by atoms with E-state index in [-0.39, 0.29) is 55.9 Å². The Kier molecular flexibility index (Phi) is 24.1. The average Bonchev–Trinajstić information content (AvgIpc) is 4.04. The molecule has 4 rings (SSSR count). The van der Waals surface area contributed by atoms with Gasteiger partial charge in [0.05, 0.1) is 18.9 Å². The summed E-state index contributed by atoms with van der Waals surface area (Å²) in [6.45, 7) is 12.2. The van der Waals surface area contributed by atoms with Crippen LogP contribution in [0.25, 0.3) is 10.9 Å². The van der Waals surface area contributed by atoms with Crippen molar-refractivity contribution in [3.63, 3.8) is 0 Å². The second-order valence-corrected chi connectivity index (χ2v) is 20.7. The number of primary amides is 2. The maximum absolute atomic E-state index is 14.2. The maximum Gasteiger partial charge on any atom is 0.243 e. The molecule has 0 radical (unpaired) electrons. The zero-order chi connectivity index (χ0) is 56.1. The quantitative estimate of drug-likeness (QED) is 0.0330. The Balaban J connectivity index is 1.44. The van der Waals surface area contributed by atoms with Crippen molar-refractivity contribution in [3.8, 4) is 0 Å². The lowest BCUT2D eigenvalue weighted by Crippen LogP contribution is -2.59. The smallest absolute Gasteiger partial charge is 0.243 e. The minimum atomic E-state index is -1.33. The first kappa shape index (κ1) is 60.9. The van der Waals surface area contributed by atoms with Crippen LogP contribution in [0, 0.1) is 23.7 Å². The van der Waals surface area contributed by atoms with Gasteiger partial charge in [-0.1, -0.05) is 90.1 Å². The van der Waals surface area contributed by atoms with Gasteiger partial charge in [-0.25, -0.2) is 4.98 Å². The number of nitrogens with two attached hydrogens (primary N) is 3. The molecule has 76 heavy (non-hydrogen) atoms. The average molecular weight is 1050 g/mol. The lowest BCUT2D eigenvalue weighted by Gasteiger charge is -2.27. The molecule has 4 aromatic rings. The van der Waals surface area contributed by atoms with Crippen LogP contribution in [0.4, 0.5) is 0 Å². The highest BCUT2D eigenvalue weighted by Gasteiger charge is 2.33. The zero-order valence-electron chi connectivity index (χ0n) is 44.7. The number of fused-ring (bicyclic) bond motifs is 1. The molecule has 15 N–H and O–H groups in total. The van der Waals surface area contributed by atoms with E-state index >= 15 is 0 Å². The molecule has 0 bridgehead atoms. The summed E-state index contributed by atoms with van der Waals surface area (Å²) in [5.41, 5.74) is 20.1. The van der Waals surface area contributed by atoms with Crippen LogP contribution in [0.5, 0.6) is 0 Å². The summed E-state index contributed by atoms with van der Waals surface area (Å²) in [6.07, 6.45) is 6.52. The fourth-order valence-corrected chi connectivity index (χ4v) is 8.81. The van der Waals surface area contributed by atoms with Crippen LogP contribution in [-0.2, 0) is 62.4 Å². The number of para-hydroxylation sites is 1. The molecular weight excluding hydrogens is 975 g/mol. The van der Waals surface area contributed by atoms with Gasteiger partial charge in [-0.3, -0.25) is 43.2 Å². The Morgan fingerprint density at radius 1 is 0.605 bits per heavy atom. The number of hydrogen-bond acceptors (Lipinski definition) is 11. The number of amides is 9. The number of nitrogens with one attached hydrogen (secondary N) is 9. The molecule has 0 aliphatic rings. The van der Waals surface area contributed by atoms with Crippen LogP contribution in [0.2, 0.25) is 0 Å². The highest BCUT2D eigenvalue weighted by atomic mass is 16.2.